The van der Waals surface area contributed by atoms with E-state index < -0.39 is 5.97 Å². The largest absolute Gasteiger partial charge is 0.497 e. The number of methoxy groups -OCH3 is 1. The number of hydrogen-bond acceptors (Lipinski definition) is 5. The van der Waals surface area contributed by atoms with Crippen molar-refractivity contribution in [1.82, 2.24) is 9.38 Å². The molecule has 22 heavy (non-hydrogen) atoms. The minimum Gasteiger partial charge on any atom is -0.497 e. The van der Waals surface area contributed by atoms with Crippen molar-refractivity contribution in [1.29, 1.82) is 0 Å². The van der Waals surface area contributed by atoms with Gasteiger partial charge in [-0.2, -0.15) is 0 Å². The summed E-state index contributed by atoms with van der Waals surface area (Å²) in [6, 6.07) is 6.75. The van der Waals surface area contributed by atoms with Gasteiger partial charge in [0.05, 0.1) is 12.8 Å². The molecule has 0 fully saturated rings. The highest BCUT2D eigenvalue weighted by Crippen LogP contribution is 2.22. The van der Waals surface area contributed by atoms with Crippen molar-refractivity contribution < 1.29 is 14.3 Å². The number of imidazole rings is 1. The quantitative estimate of drug-likeness (QED) is 0.415. The monoisotopic (exact) mass is 334 g/mol. The third-order valence-corrected chi connectivity index (χ3v) is 3.94. The molecular weight excluding hydrogens is 324 g/mol. The van der Waals surface area contributed by atoms with Crippen LogP contribution in [-0.4, -0.2) is 22.5 Å². The Morgan fingerprint density at radius 3 is 2.77 bits per heavy atom. The standard InChI is InChI=1S/C15H11ClN2O3S/c1-20-10-2-4-11(5-3-10)21-13(19)7-6-12-14(16)17-15-18(12)8-9-22-15/h2-9H,1H3/b7-6+. The van der Waals surface area contributed by atoms with E-state index in [-0.39, 0.29) is 0 Å². The molecule has 1 aromatic carbocycles. The number of rotatable bonds is 4. The molecule has 0 unspecified atom stereocenters. The fraction of sp³-hybridized carbons (Fsp3) is 0.0667. The highest BCUT2D eigenvalue weighted by atomic mass is 35.5. The predicted octanol–water partition coefficient (Wildman–Crippen LogP) is 3.68. The first-order valence-electron chi connectivity index (χ1n) is 6.32. The number of carbonyl (C=O) groups is 1. The first-order chi connectivity index (χ1) is 10.7. The summed E-state index contributed by atoms with van der Waals surface area (Å²) < 4.78 is 12.0. The minimum atomic E-state index is -0.494. The molecule has 3 rings (SSSR count). The highest BCUT2D eigenvalue weighted by molar-refractivity contribution is 7.15. The zero-order valence-corrected chi connectivity index (χ0v) is 13.1. The van der Waals surface area contributed by atoms with E-state index in [0.717, 1.165) is 4.96 Å². The van der Waals surface area contributed by atoms with Crippen LogP contribution in [0.2, 0.25) is 5.15 Å². The predicted molar refractivity (Wildman–Crippen MR) is 85.7 cm³/mol. The summed E-state index contributed by atoms with van der Waals surface area (Å²) in [5.41, 5.74) is 0.643. The number of aromatic nitrogens is 2. The van der Waals surface area contributed by atoms with Gasteiger partial charge in [-0.15, -0.1) is 11.3 Å². The molecule has 0 amide bonds. The van der Waals surface area contributed by atoms with Gasteiger partial charge in [0.2, 0.25) is 0 Å². The molecule has 3 aromatic rings. The van der Waals surface area contributed by atoms with Crippen LogP contribution in [0.3, 0.4) is 0 Å². The minimum absolute atomic E-state index is 0.348. The molecule has 0 aliphatic carbocycles. The van der Waals surface area contributed by atoms with Crippen LogP contribution in [0.1, 0.15) is 5.69 Å². The molecule has 0 saturated carbocycles. The van der Waals surface area contributed by atoms with Crippen molar-refractivity contribution in [2.75, 3.05) is 7.11 Å². The Morgan fingerprint density at radius 2 is 2.05 bits per heavy atom. The van der Waals surface area contributed by atoms with E-state index in [1.54, 1.807) is 37.5 Å². The lowest BCUT2D eigenvalue weighted by atomic mass is 10.3. The normalized spacial score (nSPS) is 11.2. The van der Waals surface area contributed by atoms with Crippen LogP contribution in [0.5, 0.6) is 11.5 Å². The second kappa shape index (κ2) is 6.21. The van der Waals surface area contributed by atoms with Gasteiger partial charge in [0.25, 0.3) is 0 Å². The van der Waals surface area contributed by atoms with Crippen molar-refractivity contribution in [3.05, 3.63) is 52.8 Å². The maximum atomic E-state index is 11.8. The van der Waals surface area contributed by atoms with Crippen molar-refractivity contribution >= 4 is 39.9 Å². The molecular formula is C15H11ClN2O3S. The van der Waals surface area contributed by atoms with Crippen LogP contribution in [-0.2, 0) is 4.79 Å². The van der Waals surface area contributed by atoms with E-state index in [2.05, 4.69) is 4.98 Å². The van der Waals surface area contributed by atoms with Crippen LogP contribution < -0.4 is 9.47 Å². The Bertz CT molecular complexity index is 836. The van der Waals surface area contributed by atoms with Gasteiger partial charge in [-0.05, 0) is 30.3 Å². The molecule has 7 heteroatoms. The lowest BCUT2D eigenvalue weighted by Crippen LogP contribution is -2.03. The SMILES string of the molecule is COc1ccc(OC(=O)/C=C/c2c(Cl)nc3sccn23)cc1. The summed E-state index contributed by atoms with van der Waals surface area (Å²) in [5, 5.41) is 2.24. The Kier molecular flexibility index (Phi) is 4.13. The summed E-state index contributed by atoms with van der Waals surface area (Å²) in [6.45, 7) is 0. The topological polar surface area (TPSA) is 52.8 Å². The Hall–Kier alpha value is -2.31. The third kappa shape index (κ3) is 2.98. The fourth-order valence-corrected chi connectivity index (χ4v) is 2.87. The molecule has 2 heterocycles. The van der Waals surface area contributed by atoms with Gasteiger partial charge in [-0.1, -0.05) is 11.6 Å². The summed E-state index contributed by atoms with van der Waals surface area (Å²) in [6.07, 6.45) is 4.74. The van der Waals surface area contributed by atoms with Crippen molar-refractivity contribution in [2.24, 2.45) is 0 Å². The van der Waals surface area contributed by atoms with Crippen LogP contribution in [0.25, 0.3) is 11.0 Å². The average Bonchev–Trinajstić information content (AvgIpc) is 3.07. The van der Waals surface area contributed by atoms with Crippen LogP contribution in [0.4, 0.5) is 0 Å². The van der Waals surface area contributed by atoms with Gasteiger partial charge in [-0.3, -0.25) is 4.40 Å². The number of fused-ring (bicyclic) bond motifs is 1. The Morgan fingerprint density at radius 1 is 1.32 bits per heavy atom. The molecule has 0 bridgehead atoms. The van der Waals surface area contributed by atoms with E-state index in [9.17, 15) is 4.79 Å². The number of ether oxygens (including phenoxy) is 2. The van der Waals surface area contributed by atoms with Gasteiger partial charge in [0, 0.05) is 17.7 Å². The molecule has 0 aliphatic heterocycles. The summed E-state index contributed by atoms with van der Waals surface area (Å²) in [5.74, 6) is 0.642. The average molecular weight is 335 g/mol. The number of hydrogen-bond donors (Lipinski definition) is 0. The number of halogens is 1. The zero-order valence-electron chi connectivity index (χ0n) is 11.5. The van der Waals surface area contributed by atoms with Gasteiger partial charge in [0.1, 0.15) is 11.5 Å². The Balaban J connectivity index is 1.73. The van der Waals surface area contributed by atoms with E-state index in [1.165, 1.54) is 17.4 Å². The number of benzene rings is 1. The summed E-state index contributed by atoms with van der Waals surface area (Å²) >= 11 is 7.51. The van der Waals surface area contributed by atoms with Crippen LogP contribution in [0.15, 0.2) is 41.9 Å². The smallest absolute Gasteiger partial charge is 0.336 e. The zero-order chi connectivity index (χ0) is 15.5. The van der Waals surface area contributed by atoms with Crippen molar-refractivity contribution in [2.45, 2.75) is 0 Å². The maximum Gasteiger partial charge on any atom is 0.336 e. The lowest BCUT2D eigenvalue weighted by molar-refractivity contribution is -0.128. The maximum absolute atomic E-state index is 11.8. The van der Waals surface area contributed by atoms with E-state index in [0.29, 0.717) is 22.3 Å². The fourth-order valence-electron chi connectivity index (χ4n) is 1.87. The second-order valence-electron chi connectivity index (χ2n) is 4.27. The van der Waals surface area contributed by atoms with Crippen LogP contribution in [0, 0.1) is 0 Å². The molecule has 0 saturated heterocycles. The van der Waals surface area contributed by atoms with Gasteiger partial charge in [-0.25, -0.2) is 9.78 Å². The Labute approximate surface area is 135 Å². The number of esters is 1. The van der Waals surface area contributed by atoms with E-state index in [1.807, 2.05) is 16.0 Å². The molecule has 0 atom stereocenters. The van der Waals surface area contributed by atoms with E-state index in [4.69, 9.17) is 21.1 Å². The summed E-state index contributed by atoms with van der Waals surface area (Å²) in [4.78, 5) is 16.8. The third-order valence-electron chi connectivity index (χ3n) is 2.91. The first kappa shape index (κ1) is 14.6. The highest BCUT2D eigenvalue weighted by Gasteiger charge is 2.09. The van der Waals surface area contributed by atoms with Gasteiger partial charge >= 0.3 is 5.97 Å². The number of carbonyl (C=O) groups excluding carboxylic acids is 1. The molecule has 0 N–H and O–H groups in total. The van der Waals surface area contributed by atoms with Crippen molar-refractivity contribution in [3.63, 3.8) is 0 Å². The molecule has 112 valence electrons. The van der Waals surface area contributed by atoms with Gasteiger partial charge in [0.15, 0.2) is 10.1 Å². The summed E-state index contributed by atoms with van der Waals surface area (Å²) in [7, 11) is 1.57. The first-order valence-corrected chi connectivity index (χ1v) is 7.58. The second-order valence-corrected chi connectivity index (χ2v) is 5.50. The van der Waals surface area contributed by atoms with Crippen molar-refractivity contribution in [3.8, 4) is 11.5 Å². The molecule has 5 nitrogen and oxygen atoms in total. The number of nitrogens with zero attached hydrogens (tertiary/aromatic N) is 2. The molecule has 2 aromatic heterocycles. The molecule has 0 radical (unpaired) electrons. The lowest BCUT2D eigenvalue weighted by Gasteiger charge is -2.02. The molecule has 0 aliphatic rings. The molecule has 0 spiro atoms. The van der Waals surface area contributed by atoms with Crippen LogP contribution >= 0.6 is 22.9 Å². The number of thiazole rings is 1. The van der Waals surface area contributed by atoms with E-state index >= 15 is 0 Å². The van der Waals surface area contributed by atoms with Gasteiger partial charge < -0.3 is 9.47 Å².